The molecule has 0 radical (unpaired) electrons. The van der Waals surface area contributed by atoms with E-state index in [2.05, 4.69) is 5.32 Å². The Morgan fingerprint density at radius 3 is 2.62 bits per heavy atom. The van der Waals surface area contributed by atoms with E-state index in [4.69, 9.17) is 5.73 Å². The maximum Gasteiger partial charge on any atom is 0.251 e. The third-order valence-electron chi connectivity index (χ3n) is 1.62. The third-order valence-corrected chi connectivity index (χ3v) is 1.62. The molecule has 3 N–H and O–H groups in total. The highest BCUT2D eigenvalue weighted by Crippen LogP contribution is 1.97. The molecule has 0 bridgehead atoms. The van der Waals surface area contributed by atoms with Gasteiger partial charge in [0.2, 0.25) is 0 Å². The molecule has 0 aliphatic carbocycles. The van der Waals surface area contributed by atoms with Gasteiger partial charge in [0, 0.05) is 18.2 Å². The SMILES string of the molecule is CC(N)CNC(=O)c1ccccc1. The van der Waals surface area contributed by atoms with E-state index < -0.39 is 0 Å². The molecule has 0 saturated heterocycles. The van der Waals surface area contributed by atoms with Gasteiger partial charge in [-0.25, -0.2) is 0 Å². The topological polar surface area (TPSA) is 55.1 Å². The Kier molecular flexibility index (Phi) is 3.46. The van der Waals surface area contributed by atoms with Crippen LogP contribution in [-0.2, 0) is 0 Å². The Balaban J connectivity index is 2.50. The van der Waals surface area contributed by atoms with Gasteiger partial charge in [-0.3, -0.25) is 4.79 Å². The second-order valence-corrected chi connectivity index (χ2v) is 3.05. The Morgan fingerprint density at radius 1 is 1.46 bits per heavy atom. The van der Waals surface area contributed by atoms with Crippen molar-refractivity contribution < 1.29 is 4.79 Å². The summed E-state index contributed by atoms with van der Waals surface area (Å²) in [5, 5.41) is 2.73. The summed E-state index contributed by atoms with van der Waals surface area (Å²) in [5.41, 5.74) is 6.17. The molecule has 3 heteroatoms. The highest BCUT2D eigenvalue weighted by Gasteiger charge is 2.03. The zero-order chi connectivity index (χ0) is 9.68. The molecule has 1 aromatic carbocycles. The van der Waals surface area contributed by atoms with Gasteiger partial charge in [0.25, 0.3) is 5.91 Å². The monoisotopic (exact) mass is 178 g/mol. The zero-order valence-electron chi connectivity index (χ0n) is 7.66. The van der Waals surface area contributed by atoms with Crippen LogP contribution in [0.2, 0.25) is 0 Å². The molecule has 0 heterocycles. The normalized spacial score (nSPS) is 12.2. The zero-order valence-corrected chi connectivity index (χ0v) is 7.66. The van der Waals surface area contributed by atoms with Crippen molar-refractivity contribution >= 4 is 5.91 Å². The lowest BCUT2D eigenvalue weighted by Gasteiger charge is -2.06. The second kappa shape index (κ2) is 4.62. The molecule has 70 valence electrons. The fraction of sp³-hybridized carbons (Fsp3) is 0.300. The quantitative estimate of drug-likeness (QED) is 0.718. The van der Waals surface area contributed by atoms with E-state index in [-0.39, 0.29) is 11.9 Å². The summed E-state index contributed by atoms with van der Waals surface area (Å²) in [6, 6.07) is 9.09. The van der Waals surface area contributed by atoms with Gasteiger partial charge in [-0.15, -0.1) is 0 Å². The van der Waals surface area contributed by atoms with E-state index in [1.54, 1.807) is 12.1 Å². The first-order valence-corrected chi connectivity index (χ1v) is 4.29. The van der Waals surface area contributed by atoms with Crippen LogP contribution in [0.3, 0.4) is 0 Å². The molecule has 0 saturated carbocycles. The number of rotatable bonds is 3. The van der Waals surface area contributed by atoms with Crippen LogP contribution >= 0.6 is 0 Å². The van der Waals surface area contributed by atoms with E-state index >= 15 is 0 Å². The van der Waals surface area contributed by atoms with Crippen molar-refractivity contribution in [3.05, 3.63) is 35.9 Å². The number of hydrogen-bond donors (Lipinski definition) is 2. The summed E-state index contributed by atoms with van der Waals surface area (Å²) < 4.78 is 0. The lowest BCUT2D eigenvalue weighted by atomic mass is 10.2. The molecule has 0 spiro atoms. The first-order valence-electron chi connectivity index (χ1n) is 4.29. The minimum Gasteiger partial charge on any atom is -0.350 e. The lowest BCUT2D eigenvalue weighted by molar-refractivity contribution is 0.0951. The summed E-state index contributed by atoms with van der Waals surface area (Å²) in [4.78, 5) is 11.4. The molecule has 0 aliphatic heterocycles. The average molecular weight is 178 g/mol. The molecule has 1 amide bonds. The number of benzene rings is 1. The fourth-order valence-electron chi connectivity index (χ4n) is 0.945. The van der Waals surface area contributed by atoms with E-state index in [1.807, 2.05) is 25.1 Å². The standard InChI is InChI=1S/C10H14N2O/c1-8(11)7-12-10(13)9-5-3-2-4-6-9/h2-6,8H,7,11H2,1H3,(H,12,13). The molecule has 3 nitrogen and oxygen atoms in total. The van der Waals surface area contributed by atoms with Gasteiger partial charge in [0.05, 0.1) is 0 Å². The summed E-state index contributed by atoms with van der Waals surface area (Å²) >= 11 is 0. The Labute approximate surface area is 77.9 Å². The lowest BCUT2D eigenvalue weighted by Crippen LogP contribution is -2.35. The van der Waals surface area contributed by atoms with E-state index in [0.717, 1.165) is 0 Å². The van der Waals surface area contributed by atoms with Crippen LogP contribution in [0.15, 0.2) is 30.3 Å². The minimum atomic E-state index is -0.0714. The maximum absolute atomic E-state index is 11.4. The maximum atomic E-state index is 11.4. The number of carbonyl (C=O) groups excluding carboxylic acids is 1. The predicted octanol–water partition coefficient (Wildman–Crippen LogP) is 0.764. The second-order valence-electron chi connectivity index (χ2n) is 3.05. The summed E-state index contributed by atoms with van der Waals surface area (Å²) in [5.74, 6) is -0.0714. The highest BCUT2D eigenvalue weighted by molar-refractivity contribution is 5.94. The van der Waals surface area contributed by atoms with Crippen molar-refractivity contribution in [2.75, 3.05) is 6.54 Å². The van der Waals surface area contributed by atoms with Crippen molar-refractivity contribution in [3.8, 4) is 0 Å². The molecule has 0 fully saturated rings. The highest BCUT2D eigenvalue weighted by atomic mass is 16.1. The van der Waals surface area contributed by atoms with Gasteiger partial charge in [-0.05, 0) is 19.1 Å². The molecule has 1 rings (SSSR count). The van der Waals surface area contributed by atoms with Crippen molar-refractivity contribution in [2.24, 2.45) is 5.73 Å². The van der Waals surface area contributed by atoms with Crippen LogP contribution in [0.4, 0.5) is 0 Å². The molecule has 0 aromatic heterocycles. The number of hydrogen-bond acceptors (Lipinski definition) is 2. The first-order chi connectivity index (χ1) is 6.20. The molecule has 13 heavy (non-hydrogen) atoms. The first kappa shape index (κ1) is 9.74. The fourth-order valence-corrected chi connectivity index (χ4v) is 0.945. The molecular formula is C10H14N2O. The third kappa shape index (κ3) is 3.25. The number of nitrogens with two attached hydrogens (primary N) is 1. The summed E-state index contributed by atoms with van der Waals surface area (Å²) in [7, 11) is 0. The molecule has 1 atom stereocenters. The van der Waals surface area contributed by atoms with Crippen LogP contribution in [0, 0.1) is 0 Å². The van der Waals surface area contributed by atoms with Gasteiger partial charge in [-0.2, -0.15) is 0 Å². The molecule has 0 aliphatic rings. The van der Waals surface area contributed by atoms with Crippen molar-refractivity contribution in [1.82, 2.24) is 5.32 Å². The number of amides is 1. The van der Waals surface area contributed by atoms with Crippen molar-refractivity contribution in [3.63, 3.8) is 0 Å². The van der Waals surface area contributed by atoms with Gasteiger partial charge in [0.15, 0.2) is 0 Å². The van der Waals surface area contributed by atoms with Crippen LogP contribution in [-0.4, -0.2) is 18.5 Å². The molecular weight excluding hydrogens is 164 g/mol. The van der Waals surface area contributed by atoms with E-state index in [9.17, 15) is 4.79 Å². The van der Waals surface area contributed by atoms with Crippen LogP contribution < -0.4 is 11.1 Å². The smallest absolute Gasteiger partial charge is 0.251 e. The van der Waals surface area contributed by atoms with E-state index in [0.29, 0.717) is 12.1 Å². The Bertz CT molecular complexity index is 270. The van der Waals surface area contributed by atoms with Gasteiger partial charge in [0.1, 0.15) is 0 Å². The Morgan fingerprint density at radius 2 is 2.08 bits per heavy atom. The van der Waals surface area contributed by atoms with Crippen molar-refractivity contribution in [2.45, 2.75) is 13.0 Å². The minimum absolute atomic E-state index is 0.00679. The van der Waals surface area contributed by atoms with Crippen molar-refractivity contribution in [1.29, 1.82) is 0 Å². The van der Waals surface area contributed by atoms with Crippen LogP contribution in [0.1, 0.15) is 17.3 Å². The van der Waals surface area contributed by atoms with Gasteiger partial charge >= 0.3 is 0 Å². The number of nitrogens with one attached hydrogen (secondary N) is 1. The molecule has 1 unspecified atom stereocenters. The van der Waals surface area contributed by atoms with Crippen LogP contribution in [0.25, 0.3) is 0 Å². The molecule has 1 aromatic rings. The average Bonchev–Trinajstić information content (AvgIpc) is 2.15. The summed E-state index contributed by atoms with van der Waals surface area (Å²) in [6.07, 6.45) is 0. The van der Waals surface area contributed by atoms with Gasteiger partial charge in [-0.1, -0.05) is 18.2 Å². The summed E-state index contributed by atoms with van der Waals surface area (Å²) in [6.45, 7) is 2.36. The van der Waals surface area contributed by atoms with Gasteiger partial charge < -0.3 is 11.1 Å². The van der Waals surface area contributed by atoms with Crippen LogP contribution in [0.5, 0.6) is 0 Å². The Hall–Kier alpha value is -1.35. The number of carbonyl (C=O) groups is 1. The predicted molar refractivity (Wildman–Crippen MR) is 52.4 cm³/mol. The van der Waals surface area contributed by atoms with E-state index in [1.165, 1.54) is 0 Å². The largest absolute Gasteiger partial charge is 0.350 e.